The van der Waals surface area contributed by atoms with Crippen molar-refractivity contribution in [2.24, 2.45) is 0 Å². The molecule has 0 fully saturated rings. The maximum Gasteiger partial charge on any atom is 0.658 e. The van der Waals surface area contributed by atoms with E-state index in [0.29, 0.717) is 0 Å². The molecular weight excluding hydrogens is 908 g/mol. The van der Waals surface area contributed by atoms with Crippen LogP contribution in [0, 0.1) is 0 Å². The number of unbranched alkanes of at least 4 members (excludes halogenated alkanes) is 48. The average molecular weight is 1040 g/mol. The van der Waals surface area contributed by atoms with Crippen molar-refractivity contribution in [3.8, 4) is 11.5 Å². The number of hydrogen-bond acceptors (Lipinski definition) is 2. The normalized spacial score (nSPS) is 11.5. The molecule has 0 saturated carbocycles. The minimum Gasteiger partial charge on any atom is -0.526 e. The molecule has 2 rings (SSSR count). The summed E-state index contributed by atoms with van der Waals surface area (Å²) in [5, 5.41) is 0. The van der Waals surface area contributed by atoms with Gasteiger partial charge in [-0.3, -0.25) is 0 Å². The maximum atomic E-state index is 6.62. The smallest absolute Gasteiger partial charge is 0.526 e. The van der Waals surface area contributed by atoms with E-state index >= 15 is 0 Å². The molecule has 2 nitrogen and oxygen atoms in total. The van der Waals surface area contributed by atoms with Gasteiger partial charge in [0.25, 0.3) is 0 Å². The fourth-order valence-corrected chi connectivity index (χ4v) is 11.9. The summed E-state index contributed by atoms with van der Waals surface area (Å²) in [4.78, 5) is 0. The fraction of sp³-hybridized carbons (Fsp3) is 0.833. The van der Waals surface area contributed by atoms with Gasteiger partial charge in [0.15, 0.2) is 0 Å². The van der Waals surface area contributed by atoms with Gasteiger partial charge in [-0.2, -0.15) is 0 Å². The predicted octanol–water partition coefficient (Wildman–Crippen LogP) is 25.2. The molecule has 0 heterocycles. The average Bonchev–Trinajstić information content (AvgIpc) is 3.42. The Bertz CT molecular complexity index is 1450. The third-order valence-electron chi connectivity index (χ3n) is 16.9. The minimum absolute atomic E-state index is 0.895. The van der Waals surface area contributed by atoms with Crippen molar-refractivity contribution in [3.05, 3.63) is 58.7 Å². The summed E-state index contributed by atoms with van der Waals surface area (Å²) >= 11 is 0. The van der Waals surface area contributed by atoms with Crippen molar-refractivity contribution in [1.29, 1.82) is 0 Å². The minimum atomic E-state index is 0.895. The Hall–Kier alpha value is -1.90. The topological polar surface area (TPSA) is 18.5 Å². The van der Waals surface area contributed by atoms with Gasteiger partial charge in [-0.15, -0.1) is 0 Å². The van der Waals surface area contributed by atoms with Gasteiger partial charge in [-0.1, -0.05) is 354 Å². The molecule has 3 heteroatoms. The van der Waals surface area contributed by atoms with Gasteiger partial charge in [0.1, 0.15) is 11.5 Å². The molecule has 0 aliphatic heterocycles. The van der Waals surface area contributed by atoms with Crippen LogP contribution < -0.4 is 9.31 Å². The third-order valence-corrected chi connectivity index (χ3v) is 16.9. The van der Waals surface area contributed by atoms with Crippen LogP contribution in [0.25, 0.3) is 0 Å². The Labute approximate surface area is 472 Å². The Morgan fingerprint density at radius 1 is 0.267 bits per heavy atom. The first kappa shape index (κ1) is 69.2. The fourth-order valence-electron chi connectivity index (χ4n) is 11.9. The van der Waals surface area contributed by atoms with E-state index in [2.05, 4.69) is 64.1 Å². The highest BCUT2D eigenvalue weighted by Crippen LogP contribution is 2.32. The zero-order valence-corrected chi connectivity index (χ0v) is 51.5. The molecular formula is C72H130BO2. The monoisotopic (exact) mass is 1040 g/mol. The van der Waals surface area contributed by atoms with Crippen molar-refractivity contribution in [2.75, 3.05) is 0 Å². The van der Waals surface area contributed by atoms with Crippen LogP contribution >= 0.6 is 0 Å². The number of benzene rings is 2. The second kappa shape index (κ2) is 55.4. The summed E-state index contributed by atoms with van der Waals surface area (Å²) in [5.74, 6) is 1.93. The van der Waals surface area contributed by atoms with Gasteiger partial charge in [0, 0.05) is 0 Å². The zero-order valence-electron chi connectivity index (χ0n) is 51.5. The van der Waals surface area contributed by atoms with Crippen LogP contribution in [0.15, 0.2) is 36.4 Å². The van der Waals surface area contributed by atoms with E-state index in [9.17, 15) is 0 Å². The molecule has 0 aliphatic rings. The lowest BCUT2D eigenvalue weighted by Gasteiger charge is -2.20. The van der Waals surface area contributed by atoms with Crippen LogP contribution in [-0.2, 0) is 25.7 Å². The zero-order chi connectivity index (χ0) is 53.4. The first-order valence-electron chi connectivity index (χ1n) is 34.6. The quantitative estimate of drug-likeness (QED) is 0.0486. The Morgan fingerprint density at radius 3 is 0.907 bits per heavy atom. The molecule has 0 aliphatic carbocycles. The van der Waals surface area contributed by atoms with Crippen LogP contribution in [-0.4, -0.2) is 7.69 Å². The highest BCUT2D eigenvalue weighted by Gasteiger charge is 2.16. The molecule has 0 amide bonds. The molecule has 0 unspecified atom stereocenters. The van der Waals surface area contributed by atoms with Gasteiger partial charge in [0.2, 0.25) is 0 Å². The standard InChI is InChI=1S/C72H130BO2/c1-5-9-13-17-21-25-29-33-37-41-45-49-53-58-67-59-57-61-69(66-67)74-73-75-72-65-64-68(60-54-50-46-42-38-34-30-26-22-18-14-10-6-2)70(62-55-51-47-43-39-35-31-27-23-19-15-11-7-3)71(72)63-56-52-48-44-40-36-32-28-24-20-16-12-8-4/h57,59,61,64-66H,5-56,58,60,62-63H2,1-4H3. The molecule has 433 valence electrons. The summed E-state index contributed by atoms with van der Waals surface area (Å²) in [7, 11) is 1.65. The summed E-state index contributed by atoms with van der Waals surface area (Å²) in [6, 6.07) is 13.5. The van der Waals surface area contributed by atoms with E-state index in [1.54, 1.807) is 18.8 Å². The van der Waals surface area contributed by atoms with E-state index in [1.165, 1.54) is 358 Å². The van der Waals surface area contributed by atoms with Crippen molar-refractivity contribution in [2.45, 2.75) is 387 Å². The lowest BCUT2D eigenvalue weighted by Crippen LogP contribution is -2.14. The van der Waals surface area contributed by atoms with Crippen LogP contribution in [0.2, 0.25) is 0 Å². The SMILES string of the molecule is CCCCCCCCCCCCCCCc1cccc(O[B]Oc2ccc(CCCCCCCCCCCCCCC)c(CCCCCCCCCCCCCCC)c2CCCCCCCCCCCCCCC)c1. The lowest BCUT2D eigenvalue weighted by atomic mass is 9.89. The van der Waals surface area contributed by atoms with E-state index in [1.807, 2.05) is 0 Å². The molecule has 0 N–H and O–H groups in total. The summed E-state index contributed by atoms with van der Waals surface area (Å²) in [6.45, 7) is 9.27. The van der Waals surface area contributed by atoms with Crippen molar-refractivity contribution < 1.29 is 9.31 Å². The molecule has 0 saturated heterocycles. The van der Waals surface area contributed by atoms with Crippen molar-refractivity contribution in [3.63, 3.8) is 0 Å². The van der Waals surface area contributed by atoms with Crippen LogP contribution in [0.4, 0.5) is 0 Å². The first-order valence-corrected chi connectivity index (χ1v) is 34.6. The third kappa shape index (κ3) is 42.7. The summed E-state index contributed by atoms with van der Waals surface area (Å²) in [6.07, 6.45) is 77.6. The Kier molecular flexibility index (Phi) is 51.1. The van der Waals surface area contributed by atoms with Gasteiger partial charge in [0.05, 0.1) is 0 Å². The largest absolute Gasteiger partial charge is 0.658 e. The highest BCUT2D eigenvalue weighted by atomic mass is 16.6. The number of aryl methyl sites for hydroxylation is 2. The summed E-state index contributed by atoms with van der Waals surface area (Å²) < 4.78 is 12.9. The molecule has 0 atom stereocenters. The van der Waals surface area contributed by atoms with Crippen molar-refractivity contribution in [1.82, 2.24) is 0 Å². The second-order valence-electron chi connectivity index (χ2n) is 24.1. The van der Waals surface area contributed by atoms with Gasteiger partial charge >= 0.3 is 7.69 Å². The second-order valence-corrected chi connectivity index (χ2v) is 24.1. The maximum absolute atomic E-state index is 6.62. The number of hydrogen-bond donors (Lipinski definition) is 0. The Morgan fingerprint density at radius 2 is 0.560 bits per heavy atom. The van der Waals surface area contributed by atoms with Gasteiger partial charge < -0.3 is 9.31 Å². The molecule has 2 aromatic carbocycles. The predicted molar refractivity (Wildman–Crippen MR) is 337 cm³/mol. The molecule has 2 aromatic rings. The molecule has 0 spiro atoms. The van der Waals surface area contributed by atoms with Crippen LogP contribution in [0.5, 0.6) is 11.5 Å². The first-order chi connectivity index (χ1) is 37.2. The lowest BCUT2D eigenvalue weighted by molar-refractivity contribution is 0.453. The van der Waals surface area contributed by atoms with E-state index in [4.69, 9.17) is 9.31 Å². The van der Waals surface area contributed by atoms with Crippen LogP contribution in [0.1, 0.15) is 384 Å². The highest BCUT2D eigenvalue weighted by molar-refractivity contribution is 6.20. The Balaban J connectivity index is 2.01. The molecule has 0 bridgehead atoms. The van der Waals surface area contributed by atoms with E-state index in [0.717, 1.165) is 24.3 Å². The van der Waals surface area contributed by atoms with Crippen LogP contribution in [0.3, 0.4) is 0 Å². The van der Waals surface area contributed by atoms with E-state index < -0.39 is 0 Å². The van der Waals surface area contributed by atoms with E-state index in [-0.39, 0.29) is 0 Å². The molecule has 75 heavy (non-hydrogen) atoms. The summed E-state index contributed by atoms with van der Waals surface area (Å²) in [5.41, 5.74) is 6.10. The number of rotatable bonds is 60. The van der Waals surface area contributed by atoms with Gasteiger partial charge in [-0.05, 0) is 91.8 Å². The molecule has 0 aromatic heterocycles. The van der Waals surface area contributed by atoms with Gasteiger partial charge in [-0.25, -0.2) is 0 Å². The van der Waals surface area contributed by atoms with Crippen molar-refractivity contribution >= 4 is 7.69 Å². The molecule has 1 radical (unpaired) electrons.